The van der Waals surface area contributed by atoms with Crippen molar-refractivity contribution >= 4 is 5.91 Å². The van der Waals surface area contributed by atoms with E-state index >= 15 is 0 Å². The van der Waals surface area contributed by atoms with Crippen molar-refractivity contribution in [3.8, 4) is 0 Å². The van der Waals surface area contributed by atoms with E-state index in [2.05, 4.69) is 45.3 Å². The molecular formula is C17H32N2O. The molecule has 20 heavy (non-hydrogen) atoms. The molecule has 1 saturated heterocycles. The molecule has 0 aromatic heterocycles. The van der Waals surface area contributed by atoms with Crippen molar-refractivity contribution in [2.75, 3.05) is 13.1 Å². The van der Waals surface area contributed by atoms with Gasteiger partial charge in [-0.25, -0.2) is 0 Å². The van der Waals surface area contributed by atoms with Crippen LogP contribution in [-0.2, 0) is 4.79 Å². The third-order valence-electron chi connectivity index (χ3n) is 5.15. The SMILES string of the molecule is CC1(C)CC(NC(=O)C2(C)CCNCC2)CC(C)(C)C1. The molecule has 0 spiro atoms. The first-order valence-electron chi connectivity index (χ1n) is 8.14. The molecule has 0 unspecified atom stereocenters. The van der Waals surface area contributed by atoms with E-state index in [1.807, 2.05) is 0 Å². The second-order valence-corrected chi connectivity index (χ2v) is 8.89. The molecular weight excluding hydrogens is 248 g/mol. The summed E-state index contributed by atoms with van der Waals surface area (Å²) < 4.78 is 0. The fraction of sp³-hybridized carbons (Fsp3) is 0.941. The Morgan fingerprint density at radius 2 is 1.50 bits per heavy atom. The summed E-state index contributed by atoms with van der Waals surface area (Å²) >= 11 is 0. The predicted octanol–water partition coefficient (Wildman–Crippen LogP) is 3.10. The van der Waals surface area contributed by atoms with Crippen molar-refractivity contribution in [3.05, 3.63) is 0 Å². The van der Waals surface area contributed by atoms with Gasteiger partial charge in [-0.1, -0.05) is 34.6 Å². The third kappa shape index (κ3) is 3.75. The van der Waals surface area contributed by atoms with Crippen molar-refractivity contribution in [1.29, 1.82) is 0 Å². The molecule has 1 saturated carbocycles. The molecule has 116 valence electrons. The lowest BCUT2D eigenvalue weighted by molar-refractivity contribution is -0.133. The van der Waals surface area contributed by atoms with Crippen molar-refractivity contribution in [2.24, 2.45) is 16.2 Å². The Labute approximate surface area is 124 Å². The lowest BCUT2D eigenvalue weighted by atomic mass is 9.63. The molecule has 0 radical (unpaired) electrons. The standard InChI is InChI=1S/C17H32N2O/c1-15(2)10-13(11-16(3,4)12-15)19-14(20)17(5)6-8-18-9-7-17/h13,18H,6-12H2,1-5H3,(H,19,20). The molecule has 2 aliphatic rings. The zero-order valence-corrected chi connectivity index (χ0v) is 13.9. The second-order valence-electron chi connectivity index (χ2n) is 8.89. The van der Waals surface area contributed by atoms with E-state index in [0.29, 0.717) is 16.9 Å². The molecule has 1 aliphatic heterocycles. The normalized spacial score (nSPS) is 28.9. The lowest BCUT2D eigenvalue weighted by Crippen LogP contribution is -2.52. The average molecular weight is 280 g/mol. The number of piperidine rings is 1. The Balaban J connectivity index is 2.00. The summed E-state index contributed by atoms with van der Waals surface area (Å²) in [6.07, 6.45) is 5.37. The summed E-state index contributed by atoms with van der Waals surface area (Å²) in [7, 11) is 0. The number of nitrogens with one attached hydrogen (secondary N) is 2. The third-order valence-corrected chi connectivity index (χ3v) is 5.15. The first kappa shape index (κ1) is 15.8. The molecule has 2 rings (SSSR count). The van der Waals surface area contributed by atoms with E-state index in [4.69, 9.17) is 0 Å². The van der Waals surface area contributed by atoms with Gasteiger partial charge >= 0.3 is 0 Å². The maximum Gasteiger partial charge on any atom is 0.226 e. The maximum atomic E-state index is 12.7. The molecule has 1 amide bonds. The summed E-state index contributed by atoms with van der Waals surface area (Å²) in [5, 5.41) is 6.72. The number of amides is 1. The van der Waals surface area contributed by atoms with Crippen LogP contribution >= 0.6 is 0 Å². The number of rotatable bonds is 2. The molecule has 1 heterocycles. The van der Waals surface area contributed by atoms with Crippen LogP contribution in [0.2, 0.25) is 0 Å². The molecule has 2 N–H and O–H groups in total. The van der Waals surface area contributed by atoms with Crippen molar-refractivity contribution in [1.82, 2.24) is 10.6 Å². The van der Waals surface area contributed by atoms with E-state index in [0.717, 1.165) is 38.8 Å². The van der Waals surface area contributed by atoms with Gasteiger partial charge in [-0.05, 0) is 56.0 Å². The number of hydrogen-bond donors (Lipinski definition) is 2. The monoisotopic (exact) mass is 280 g/mol. The fourth-order valence-electron chi connectivity index (χ4n) is 4.51. The van der Waals surface area contributed by atoms with Crippen LogP contribution < -0.4 is 10.6 Å². The van der Waals surface area contributed by atoms with Crippen LogP contribution in [0.25, 0.3) is 0 Å². The van der Waals surface area contributed by atoms with Crippen molar-refractivity contribution in [3.63, 3.8) is 0 Å². The number of hydrogen-bond acceptors (Lipinski definition) is 2. The Morgan fingerprint density at radius 1 is 1.00 bits per heavy atom. The van der Waals surface area contributed by atoms with E-state index in [1.165, 1.54) is 6.42 Å². The first-order chi connectivity index (χ1) is 9.12. The zero-order chi connectivity index (χ0) is 15.0. The second kappa shape index (κ2) is 5.32. The van der Waals surface area contributed by atoms with Crippen LogP contribution in [0.3, 0.4) is 0 Å². The van der Waals surface area contributed by atoms with Crippen LogP contribution in [0.5, 0.6) is 0 Å². The zero-order valence-electron chi connectivity index (χ0n) is 13.9. The predicted molar refractivity (Wildman–Crippen MR) is 83.6 cm³/mol. The van der Waals surface area contributed by atoms with Gasteiger partial charge in [-0.3, -0.25) is 4.79 Å². The topological polar surface area (TPSA) is 41.1 Å². The van der Waals surface area contributed by atoms with Gasteiger partial charge in [-0.15, -0.1) is 0 Å². The lowest BCUT2D eigenvalue weighted by Gasteiger charge is -2.46. The summed E-state index contributed by atoms with van der Waals surface area (Å²) in [5.41, 5.74) is 0.487. The fourth-order valence-corrected chi connectivity index (χ4v) is 4.51. The largest absolute Gasteiger partial charge is 0.353 e. The highest BCUT2D eigenvalue weighted by molar-refractivity contribution is 5.82. The van der Waals surface area contributed by atoms with Crippen molar-refractivity contribution < 1.29 is 4.79 Å². The molecule has 3 heteroatoms. The Hall–Kier alpha value is -0.570. The summed E-state index contributed by atoms with van der Waals surface area (Å²) in [6, 6.07) is 0.341. The minimum absolute atomic E-state index is 0.170. The van der Waals surface area contributed by atoms with Crippen LogP contribution in [0.1, 0.15) is 66.7 Å². The Bertz CT molecular complexity index is 351. The van der Waals surface area contributed by atoms with Gasteiger partial charge in [-0.2, -0.15) is 0 Å². The van der Waals surface area contributed by atoms with Gasteiger partial charge in [0.15, 0.2) is 0 Å². The van der Waals surface area contributed by atoms with Crippen LogP contribution in [0.4, 0.5) is 0 Å². The average Bonchev–Trinajstić information content (AvgIpc) is 2.25. The summed E-state index contributed by atoms with van der Waals surface area (Å²) in [5.74, 6) is 0.275. The molecule has 0 atom stereocenters. The van der Waals surface area contributed by atoms with Gasteiger partial charge < -0.3 is 10.6 Å². The molecule has 0 aromatic rings. The molecule has 2 fully saturated rings. The Morgan fingerprint density at radius 3 is 2.00 bits per heavy atom. The quantitative estimate of drug-likeness (QED) is 0.816. The molecule has 0 bridgehead atoms. The van der Waals surface area contributed by atoms with E-state index in [1.54, 1.807) is 0 Å². The van der Waals surface area contributed by atoms with Gasteiger partial charge in [0.25, 0.3) is 0 Å². The van der Waals surface area contributed by atoms with Gasteiger partial charge in [0.05, 0.1) is 0 Å². The Kier molecular flexibility index (Phi) is 4.21. The molecule has 0 aromatic carbocycles. The van der Waals surface area contributed by atoms with Crippen molar-refractivity contribution in [2.45, 2.75) is 72.8 Å². The van der Waals surface area contributed by atoms with Crippen LogP contribution in [0.15, 0.2) is 0 Å². The highest BCUT2D eigenvalue weighted by atomic mass is 16.2. The first-order valence-corrected chi connectivity index (χ1v) is 8.14. The number of carbonyl (C=O) groups excluding carboxylic acids is 1. The minimum Gasteiger partial charge on any atom is -0.353 e. The number of carbonyl (C=O) groups is 1. The minimum atomic E-state index is -0.170. The van der Waals surface area contributed by atoms with Crippen LogP contribution in [-0.4, -0.2) is 25.0 Å². The summed E-state index contributed by atoms with van der Waals surface area (Å²) in [4.78, 5) is 12.7. The van der Waals surface area contributed by atoms with E-state index in [-0.39, 0.29) is 11.3 Å². The highest BCUT2D eigenvalue weighted by Crippen LogP contribution is 2.46. The maximum absolute atomic E-state index is 12.7. The summed E-state index contributed by atoms with van der Waals surface area (Å²) in [6.45, 7) is 13.4. The van der Waals surface area contributed by atoms with E-state index < -0.39 is 0 Å². The van der Waals surface area contributed by atoms with Gasteiger partial charge in [0.1, 0.15) is 0 Å². The molecule has 1 aliphatic carbocycles. The van der Waals surface area contributed by atoms with Gasteiger partial charge in [0.2, 0.25) is 5.91 Å². The van der Waals surface area contributed by atoms with Gasteiger partial charge in [0, 0.05) is 11.5 Å². The molecule has 3 nitrogen and oxygen atoms in total. The highest BCUT2D eigenvalue weighted by Gasteiger charge is 2.41. The smallest absolute Gasteiger partial charge is 0.226 e. The van der Waals surface area contributed by atoms with Crippen LogP contribution in [0, 0.1) is 16.2 Å². The van der Waals surface area contributed by atoms with E-state index in [9.17, 15) is 4.79 Å².